The molecule has 1 aromatic heterocycles. The average molecular weight is 481 g/mol. The van der Waals surface area contributed by atoms with E-state index in [-0.39, 0.29) is 11.7 Å². The molecule has 0 saturated heterocycles. The summed E-state index contributed by atoms with van der Waals surface area (Å²) in [7, 11) is 0. The first-order valence-corrected chi connectivity index (χ1v) is 11.6. The minimum atomic E-state index is -0.652. The number of phenols is 1. The highest BCUT2D eigenvalue weighted by atomic mass is 35.5. The van der Waals surface area contributed by atoms with Gasteiger partial charge in [0, 0.05) is 28.4 Å². The third-order valence-electron chi connectivity index (χ3n) is 6.45. The van der Waals surface area contributed by atoms with Gasteiger partial charge in [-0.1, -0.05) is 48.0 Å². The number of hydrogen-bond acceptors (Lipinski definition) is 4. The van der Waals surface area contributed by atoms with Crippen molar-refractivity contribution in [2.45, 2.75) is 12.6 Å². The van der Waals surface area contributed by atoms with Crippen molar-refractivity contribution in [1.82, 2.24) is 14.9 Å². The maximum atomic E-state index is 13.8. The summed E-state index contributed by atoms with van der Waals surface area (Å²) >= 11 is 6.30. The molecular weight excluding hydrogens is 460 g/mol. The maximum Gasteiger partial charge on any atom is 0.255 e. The van der Waals surface area contributed by atoms with Crippen LogP contribution < -0.4 is 5.73 Å². The van der Waals surface area contributed by atoms with Gasteiger partial charge >= 0.3 is 0 Å². The number of nitrogens with one attached hydrogen (secondary N) is 1. The smallest absolute Gasteiger partial charge is 0.255 e. The number of imidazole rings is 1. The number of aromatic hydroxyl groups is 1. The first-order chi connectivity index (χ1) is 17.0. The zero-order valence-electron chi connectivity index (χ0n) is 18.6. The van der Waals surface area contributed by atoms with Crippen LogP contribution in [0.1, 0.15) is 33.4 Å². The topological polar surface area (TPSA) is 95.2 Å². The number of nitrogens with zero attached hydrogens (tertiary/aromatic N) is 2. The van der Waals surface area contributed by atoms with Crippen molar-refractivity contribution < 1.29 is 9.90 Å². The Morgan fingerprint density at radius 3 is 2.54 bits per heavy atom. The number of amides is 1. The summed E-state index contributed by atoms with van der Waals surface area (Å²) in [6.07, 6.45) is 0. The number of hydrogen-bond donors (Lipinski definition) is 3. The zero-order chi connectivity index (χ0) is 24.1. The van der Waals surface area contributed by atoms with Crippen LogP contribution in [-0.2, 0) is 6.54 Å². The highest BCUT2D eigenvalue weighted by Gasteiger charge is 2.37. The number of benzene rings is 4. The van der Waals surface area contributed by atoms with Crippen molar-refractivity contribution in [2.75, 3.05) is 5.73 Å². The number of phenolic OH excluding ortho intramolecular Hbond substituents is 1. The van der Waals surface area contributed by atoms with Crippen molar-refractivity contribution in [3.63, 3.8) is 0 Å². The molecule has 35 heavy (non-hydrogen) atoms. The molecule has 0 spiro atoms. The van der Waals surface area contributed by atoms with Gasteiger partial charge in [0.25, 0.3) is 5.91 Å². The Morgan fingerprint density at radius 2 is 1.74 bits per heavy atom. The van der Waals surface area contributed by atoms with Gasteiger partial charge in [0.1, 0.15) is 17.6 Å². The summed E-state index contributed by atoms with van der Waals surface area (Å²) in [5.74, 6) is 0.469. The van der Waals surface area contributed by atoms with Gasteiger partial charge in [-0.05, 0) is 65.2 Å². The lowest BCUT2D eigenvalue weighted by Crippen LogP contribution is -2.31. The molecule has 1 unspecified atom stereocenters. The number of carbonyl (C=O) groups excluding carboxylic acids is 1. The number of rotatable bonds is 4. The number of aromatic amines is 1. The lowest BCUT2D eigenvalue weighted by atomic mass is 10.0. The molecule has 0 bridgehead atoms. The second kappa shape index (κ2) is 8.18. The van der Waals surface area contributed by atoms with Gasteiger partial charge in [-0.2, -0.15) is 0 Å². The van der Waals surface area contributed by atoms with E-state index in [9.17, 15) is 9.90 Å². The zero-order valence-corrected chi connectivity index (χ0v) is 19.3. The Labute approximate surface area is 206 Å². The van der Waals surface area contributed by atoms with Crippen LogP contribution in [0.25, 0.3) is 22.2 Å². The third-order valence-corrected chi connectivity index (χ3v) is 6.68. The summed E-state index contributed by atoms with van der Waals surface area (Å²) in [4.78, 5) is 23.6. The van der Waals surface area contributed by atoms with E-state index < -0.39 is 6.04 Å². The van der Waals surface area contributed by atoms with Crippen LogP contribution >= 0.6 is 11.6 Å². The number of aromatic nitrogens is 2. The molecular formula is C28H21ClN4O2. The van der Waals surface area contributed by atoms with Crippen molar-refractivity contribution in [3.05, 3.63) is 112 Å². The van der Waals surface area contributed by atoms with Gasteiger partial charge in [0.15, 0.2) is 0 Å². The summed E-state index contributed by atoms with van der Waals surface area (Å²) in [6.45, 7) is 0.379. The van der Waals surface area contributed by atoms with E-state index in [1.165, 1.54) is 0 Å². The summed E-state index contributed by atoms with van der Waals surface area (Å²) in [5, 5.41) is 11.2. The molecule has 1 aliphatic rings. The Balaban J connectivity index is 1.45. The fourth-order valence-corrected chi connectivity index (χ4v) is 4.88. The molecule has 2 heterocycles. The quantitative estimate of drug-likeness (QED) is 0.278. The van der Waals surface area contributed by atoms with Crippen LogP contribution in [0.15, 0.2) is 84.9 Å². The van der Waals surface area contributed by atoms with Crippen LogP contribution in [0.2, 0.25) is 5.02 Å². The van der Waals surface area contributed by atoms with Crippen molar-refractivity contribution in [3.8, 4) is 16.9 Å². The molecule has 4 N–H and O–H groups in total. The molecule has 0 fully saturated rings. The number of halogens is 1. The van der Waals surface area contributed by atoms with E-state index in [4.69, 9.17) is 22.3 Å². The molecule has 6 rings (SSSR count). The second-order valence-electron chi connectivity index (χ2n) is 8.67. The third kappa shape index (κ3) is 3.68. The standard InChI is InChI=1S/C28H21ClN4O2/c29-19-9-12-25(34)22(14-19)26(27-31-23-3-1-2-4-24(23)32-27)33-15-18-6-5-17(13-21(18)28(33)35)16-7-10-20(30)11-8-16/h1-14,26,34H,15,30H2,(H,31,32). The van der Waals surface area contributed by atoms with Crippen LogP contribution in [0.5, 0.6) is 5.75 Å². The Bertz CT molecular complexity index is 1560. The van der Waals surface area contributed by atoms with Crippen molar-refractivity contribution in [1.29, 1.82) is 0 Å². The van der Waals surface area contributed by atoms with Crippen LogP contribution in [-0.4, -0.2) is 25.9 Å². The van der Waals surface area contributed by atoms with Crippen LogP contribution in [0.3, 0.4) is 0 Å². The molecule has 0 aliphatic carbocycles. The van der Waals surface area contributed by atoms with E-state index in [1.807, 2.05) is 66.7 Å². The first kappa shape index (κ1) is 21.3. The maximum absolute atomic E-state index is 13.8. The number of carbonyl (C=O) groups is 1. The second-order valence-corrected chi connectivity index (χ2v) is 9.11. The molecule has 0 saturated carbocycles. The van der Waals surface area contributed by atoms with Gasteiger partial charge in [0.2, 0.25) is 0 Å². The van der Waals surface area contributed by atoms with E-state index in [2.05, 4.69) is 4.98 Å². The molecule has 1 aliphatic heterocycles. The highest BCUT2D eigenvalue weighted by Crippen LogP contribution is 2.40. The average Bonchev–Trinajstić information content (AvgIpc) is 3.43. The monoisotopic (exact) mass is 480 g/mol. The van der Waals surface area contributed by atoms with Gasteiger partial charge in [-0.25, -0.2) is 4.98 Å². The fraction of sp³-hybridized carbons (Fsp3) is 0.0714. The molecule has 0 radical (unpaired) electrons. The number of H-pyrrole nitrogens is 1. The number of anilines is 1. The van der Waals surface area contributed by atoms with E-state index >= 15 is 0 Å². The molecule has 5 aromatic rings. The SMILES string of the molecule is Nc1ccc(-c2ccc3c(c2)C(=O)N(C(c2nc4ccccc4[nH]2)c2cc(Cl)ccc2O)C3)cc1. The van der Waals surface area contributed by atoms with E-state index in [0.717, 1.165) is 27.7 Å². The largest absolute Gasteiger partial charge is 0.508 e. The summed E-state index contributed by atoms with van der Waals surface area (Å²) in [6, 6.07) is 25.3. The predicted molar refractivity (Wildman–Crippen MR) is 137 cm³/mol. The number of para-hydroxylation sites is 2. The number of nitrogens with two attached hydrogens (primary N) is 1. The molecule has 7 heteroatoms. The molecule has 4 aromatic carbocycles. The van der Waals surface area contributed by atoms with Gasteiger partial charge in [-0.15, -0.1) is 0 Å². The molecule has 1 atom stereocenters. The van der Waals surface area contributed by atoms with E-state index in [1.54, 1.807) is 23.1 Å². The van der Waals surface area contributed by atoms with Crippen molar-refractivity contribution >= 4 is 34.2 Å². The normalized spacial score (nSPS) is 13.9. The van der Waals surface area contributed by atoms with Gasteiger partial charge in [0.05, 0.1) is 11.0 Å². The Morgan fingerprint density at radius 1 is 0.971 bits per heavy atom. The van der Waals surface area contributed by atoms with Crippen molar-refractivity contribution in [2.24, 2.45) is 0 Å². The van der Waals surface area contributed by atoms with E-state index in [0.29, 0.717) is 34.2 Å². The fourth-order valence-electron chi connectivity index (χ4n) is 4.70. The number of nitrogen functional groups attached to an aromatic ring is 1. The summed E-state index contributed by atoms with van der Waals surface area (Å²) in [5.41, 5.74) is 12.1. The Hall–Kier alpha value is -4.29. The first-order valence-electron chi connectivity index (χ1n) is 11.2. The molecule has 1 amide bonds. The van der Waals surface area contributed by atoms with Crippen LogP contribution in [0, 0.1) is 0 Å². The van der Waals surface area contributed by atoms with Crippen LogP contribution in [0.4, 0.5) is 5.69 Å². The molecule has 172 valence electrons. The predicted octanol–water partition coefficient (Wildman–Crippen LogP) is 5.92. The summed E-state index contributed by atoms with van der Waals surface area (Å²) < 4.78 is 0. The minimum Gasteiger partial charge on any atom is -0.508 e. The van der Waals surface area contributed by atoms with Gasteiger partial charge < -0.3 is 20.7 Å². The minimum absolute atomic E-state index is 0.0474. The number of fused-ring (bicyclic) bond motifs is 2. The Kier molecular flexibility index (Phi) is 4.97. The van der Waals surface area contributed by atoms with Gasteiger partial charge in [-0.3, -0.25) is 4.79 Å². The lowest BCUT2D eigenvalue weighted by molar-refractivity contribution is 0.0724. The lowest BCUT2D eigenvalue weighted by Gasteiger charge is -2.27. The molecule has 6 nitrogen and oxygen atoms in total. The highest BCUT2D eigenvalue weighted by molar-refractivity contribution is 6.30.